The van der Waals surface area contributed by atoms with Crippen molar-refractivity contribution < 1.29 is 9.53 Å². The van der Waals surface area contributed by atoms with Crippen LogP contribution in [0, 0.1) is 5.92 Å². The monoisotopic (exact) mass is 338 g/mol. The Kier molecular flexibility index (Phi) is 5.71. The number of carbonyl (C=O) groups is 1. The summed E-state index contributed by atoms with van der Waals surface area (Å²) < 4.78 is 5.67. The highest BCUT2D eigenvalue weighted by Crippen LogP contribution is 2.30. The van der Waals surface area contributed by atoms with Crippen LogP contribution in [0.2, 0.25) is 0 Å². The molecule has 1 fully saturated rings. The fourth-order valence-corrected chi connectivity index (χ4v) is 2.88. The largest absolute Gasteiger partial charge is 0.494 e. The normalized spacial score (nSPS) is 14.9. The van der Waals surface area contributed by atoms with Crippen LogP contribution in [0.4, 0.5) is 0 Å². The van der Waals surface area contributed by atoms with E-state index in [1.54, 1.807) is 6.07 Å². The molecule has 132 valence electrons. The number of amides is 1. The van der Waals surface area contributed by atoms with Gasteiger partial charge in [-0.3, -0.25) is 4.79 Å². The van der Waals surface area contributed by atoms with Crippen LogP contribution in [-0.2, 0) is 0 Å². The Morgan fingerprint density at radius 1 is 1.20 bits per heavy atom. The maximum absolute atomic E-state index is 11.5. The average molecular weight is 338 g/mol. The van der Waals surface area contributed by atoms with Gasteiger partial charge in [-0.25, -0.2) is 0 Å². The summed E-state index contributed by atoms with van der Waals surface area (Å²) in [5.41, 5.74) is 8.20. The summed E-state index contributed by atoms with van der Waals surface area (Å²) in [7, 11) is 0. The highest BCUT2D eigenvalue weighted by atomic mass is 16.5. The summed E-state index contributed by atoms with van der Waals surface area (Å²) in [5, 5.41) is 3.65. The molecule has 4 nitrogen and oxygen atoms in total. The molecule has 1 aliphatic rings. The zero-order valence-corrected chi connectivity index (χ0v) is 14.7. The van der Waals surface area contributed by atoms with E-state index >= 15 is 0 Å². The van der Waals surface area contributed by atoms with Gasteiger partial charge in [0, 0.05) is 5.56 Å². The van der Waals surface area contributed by atoms with Gasteiger partial charge < -0.3 is 15.8 Å². The van der Waals surface area contributed by atoms with E-state index in [0.29, 0.717) is 5.56 Å². The minimum absolute atomic E-state index is 0.0418. The third-order valence-corrected chi connectivity index (χ3v) is 4.50. The predicted molar refractivity (Wildman–Crippen MR) is 99.8 cm³/mol. The molecule has 0 spiro atoms. The van der Waals surface area contributed by atoms with Crippen molar-refractivity contribution in [2.24, 2.45) is 11.7 Å². The second kappa shape index (κ2) is 8.17. The van der Waals surface area contributed by atoms with Crippen molar-refractivity contribution in [1.82, 2.24) is 5.32 Å². The van der Waals surface area contributed by atoms with Gasteiger partial charge in [0.15, 0.2) is 0 Å². The van der Waals surface area contributed by atoms with Crippen molar-refractivity contribution in [2.75, 3.05) is 13.2 Å². The fraction of sp³-hybridized carbons (Fsp3) is 0.381. The second-order valence-corrected chi connectivity index (χ2v) is 6.69. The number of primary amides is 1. The van der Waals surface area contributed by atoms with E-state index in [2.05, 4.69) is 24.4 Å². The fourth-order valence-electron chi connectivity index (χ4n) is 2.88. The minimum Gasteiger partial charge on any atom is -0.494 e. The van der Waals surface area contributed by atoms with Crippen molar-refractivity contribution in [2.45, 2.75) is 32.2 Å². The number of rotatable bonds is 9. The molecular weight excluding hydrogens is 312 g/mol. The molecule has 3 rings (SSSR count). The Hall–Kier alpha value is -2.33. The Morgan fingerprint density at radius 3 is 2.60 bits per heavy atom. The molecule has 0 saturated heterocycles. The lowest BCUT2D eigenvalue weighted by Crippen LogP contribution is -2.25. The van der Waals surface area contributed by atoms with Crippen molar-refractivity contribution in [1.29, 1.82) is 0 Å². The van der Waals surface area contributed by atoms with Gasteiger partial charge in [0.25, 0.3) is 0 Å². The molecule has 1 unspecified atom stereocenters. The van der Waals surface area contributed by atoms with Gasteiger partial charge in [-0.2, -0.15) is 0 Å². The van der Waals surface area contributed by atoms with E-state index in [1.165, 1.54) is 12.8 Å². The number of nitrogens with one attached hydrogen (secondary N) is 1. The van der Waals surface area contributed by atoms with E-state index in [0.717, 1.165) is 42.4 Å². The summed E-state index contributed by atoms with van der Waals surface area (Å²) in [4.78, 5) is 11.5. The minimum atomic E-state index is -0.397. The summed E-state index contributed by atoms with van der Waals surface area (Å²) in [6, 6.07) is 15.8. The predicted octanol–water partition coefficient (Wildman–Crippen LogP) is 3.66. The molecule has 4 heteroatoms. The van der Waals surface area contributed by atoms with Gasteiger partial charge in [-0.05, 0) is 67.1 Å². The number of hydrogen-bond donors (Lipinski definition) is 2. The van der Waals surface area contributed by atoms with Gasteiger partial charge in [0.05, 0.1) is 12.6 Å². The molecule has 25 heavy (non-hydrogen) atoms. The van der Waals surface area contributed by atoms with Crippen LogP contribution in [0.3, 0.4) is 0 Å². The van der Waals surface area contributed by atoms with Crippen molar-refractivity contribution in [3.8, 4) is 5.75 Å². The van der Waals surface area contributed by atoms with Crippen LogP contribution in [0.1, 0.15) is 53.7 Å². The van der Waals surface area contributed by atoms with Crippen LogP contribution < -0.4 is 15.8 Å². The van der Waals surface area contributed by atoms with Crippen LogP contribution in [0.15, 0.2) is 48.5 Å². The molecule has 0 radical (unpaired) electrons. The Bertz CT molecular complexity index is 708. The van der Waals surface area contributed by atoms with Crippen LogP contribution >= 0.6 is 0 Å². The zero-order valence-electron chi connectivity index (χ0n) is 14.7. The highest BCUT2D eigenvalue weighted by molar-refractivity contribution is 5.92. The van der Waals surface area contributed by atoms with Crippen molar-refractivity contribution in [3.63, 3.8) is 0 Å². The molecule has 0 heterocycles. The van der Waals surface area contributed by atoms with Gasteiger partial charge in [-0.1, -0.05) is 31.2 Å². The zero-order chi connectivity index (χ0) is 17.6. The first-order chi connectivity index (χ1) is 12.2. The maximum Gasteiger partial charge on any atom is 0.248 e. The summed E-state index contributed by atoms with van der Waals surface area (Å²) >= 11 is 0. The van der Waals surface area contributed by atoms with Crippen LogP contribution in [0.5, 0.6) is 5.75 Å². The summed E-state index contributed by atoms with van der Waals surface area (Å²) in [6.07, 6.45) is 3.59. The standard InChI is InChI=1S/C21H26N2O2/c1-2-12-25-19-10-8-16(9-11-19)20(23-14-15-6-7-15)17-4-3-5-18(13-17)21(22)24/h3-5,8-11,13,15,20,23H,2,6-7,12,14H2,1H3,(H2,22,24). The Labute approximate surface area is 149 Å². The van der Waals surface area contributed by atoms with Crippen LogP contribution in [-0.4, -0.2) is 19.1 Å². The van der Waals surface area contributed by atoms with E-state index in [1.807, 2.05) is 30.3 Å². The van der Waals surface area contributed by atoms with Gasteiger partial charge in [0.2, 0.25) is 5.91 Å². The van der Waals surface area contributed by atoms with E-state index in [4.69, 9.17) is 10.5 Å². The first-order valence-corrected chi connectivity index (χ1v) is 9.03. The van der Waals surface area contributed by atoms with Gasteiger partial charge >= 0.3 is 0 Å². The number of hydrogen-bond acceptors (Lipinski definition) is 3. The topological polar surface area (TPSA) is 64.3 Å². The van der Waals surface area contributed by atoms with Crippen molar-refractivity contribution >= 4 is 5.91 Å². The Morgan fingerprint density at radius 2 is 1.96 bits per heavy atom. The van der Waals surface area contributed by atoms with E-state index < -0.39 is 5.91 Å². The molecule has 2 aromatic rings. The van der Waals surface area contributed by atoms with Gasteiger partial charge in [0.1, 0.15) is 5.75 Å². The number of benzene rings is 2. The molecular formula is C21H26N2O2. The number of ether oxygens (including phenoxy) is 1. The molecule has 1 aliphatic carbocycles. The third-order valence-electron chi connectivity index (χ3n) is 4.50. The first kappa shape index (κ1) is 17.5. The molecule has 2 aromatic carbocycles. The van der Waals surface area contributed by atoms with Gasteiger partial charge in [-0.15, -0.1) is 0 Å². The lowest BCUT2D eigenvalue weighted by Gasteiger charge is -2.21. The SMILES string of the molecule is CCCOc1ccc(C(NCC2CC2)c2cccc(C(N)=O)c2)cc1. The molecule has 0 aliphatic heterocycles. The van der Waals surface area contributed by atoms with Crippen molar-refractivity contribution in [3.05, 3.63) is 65.2 Å². The quantitative estimate of drug-likeness (QED) is 0.733. The Balaban J connectivity index is 1.83. The van der Waals surface area contributed by atoms with E-state index in [-0.39, 0.29) is 6.04 Å². The van der Waals surface area contributed by atoms with E-state index in [9.17, 15) is 4.79 Å². The summed E-state index contributed by atoms with van der Waals surface area (Å²) in [5.74, 6) is 1.26. The summed E-state index contributed by atoms with van der Waals surface area (Å²) in [6.45, 7) is 3.81. The lowest BCUT2D eigenvalue weighted by molar-refractivity contribution is 0.1000. The molecule has 1 atom stereocenters. The number of nitrogens with two attached hydrogens (primary N) is 1. The smallest absolute Gasteiger partial charge is 0.248 e. The molecule has 0 aromatic heterocycles. The average Bonchev–Trinajstić information content (AvgIpc) is 3.46. The second-order valence-electron chi connectivity index (χ2n) is 6.69. The molecule has 1 amide bonds. The maximum atomic E-state index is 11.5. The highest BCUT2D eigenvalue weighted by Gasteiger charge is 2.23. The number of carbonyl (C=O) groups excluding carboxylic acids is 1. The molecule has 0 bridgehead atoms. The molecule has 3 N–H and O–H groups in total. The third kappa shape index (κ3) is 4.83. The molecule has 1 saturated carbocycles. The first-order valence-electron chi connectivity index (χ1n) is 9.03. The van der Waals surface area contributed by atoms with Crippen LogP contribution in [0.25, 0.3) is 0 Å². The lowest BCUT2D eigenvalue weighted by atomic mass is 9.96.